The van der Waals surface area contributed by atoms with Crippen molar-refractivity contribution in [2.75, 3.05) is 18.4 Å². The van der Waals surface area contributed by atoms with E-state index in [1.807, 2.05) is 0 Å². The van der Waals surface area contributed by atoms with Crippen molar-refractivity contribution in [1.29, 1.82) is 0 Å². The molecule has 0 saturated carbocycles. The first-order chi connectivity index (χ1) is 12.5. The van der Waals surface area contributed by atoms with Gasteiger partial charge in [-0.1, -0.05) is 70.2 Å². The Hall–Kier alpha value is -2.13. The third-order valence-electron chi connectivity index (χ3n) is 5.35. The number of carbonyl (C=O) groups is 1. The molecule has 0 bridgehead atoms. The molecule has 0 spiro atoms. The van der Waals surface area contributed by atoms with Crippen LogP contribution in [0.3, 0.4) is 0 Å². The van der Waals surface area contributed by atoms with E-state index in [1.165, 1.54) is 27.2 Å². The van der Waals surface area contributed by atoms with Gasteiger partial charge >= 0.3 is 0 Å². The number of carbonyl (C=O) groups excluding carboxylic acids is 1. The van der Waals surface area contributed by atoms with Crippen LogP contribution in [0.4, 0.5) is 5.69 Å². The van der Waals surface area contributed by atoms with Gasteiger partial charge in [0.1, 0.15) is 6.54 Å². The van der Waals surface area contributed by atoms with Gasteiger partial charge in [0.2, 0.25) is 0 Å². The number of benzene rings is 2. The molecule has 0 aromatic heterocycles. The molecule has 2 N–H and O–H groups in total. The van der Waals surface area contributed by atoms with E-state index in [2.05, 4.69) is 75.5 Å². The van der Waals surface area contributed by atoms with Crippen LogP contribution in [0.5, 0.6) is 0 Å². The number of para-hydroxylation sites is 1. The maximum atomic E-state index is 12.8. The van der Waals surface area contributed by atoms with Crippen LogP contribution in [0, 0.1) is 0 Å². The minimum absolute atomic E-state index is 0.120. The zero-order valence-corrected chi connectivity index (χ0v) is 16.4. The van der Waals surface area contributed by atoms with Gasteiger partial charge in [-0.2, -0.15) is 0 Å². The summed E-state index contributed by atoms with van der Waals surface area (Å²) in [5.41, 5.74) is 6.29. The molecule has 1 aliphatic heterocycles. The first-order valence-electron chi connectivity index (χ1n) is 9.78. The fourth-order valence-corrected chi connectivity index (χ4v) is 3.90. The van der Waals surface area contributed by atoms with Crippen LogP contribution in [-0.2, 0) is 17.8 Å². The van der Waals surface area contributed by atoms with Crippen molar-refractivity contribution in [3.63, 3.8) is 0 Å². The Balaban J connectivity index is 1.73. The van der Waals surface area contributed by atoms with E-state index in [0.717, 1.165) is 25.2 Å². The lowest BCUT2D eigenvalue weighted by Gasteiger charge is -2.26. The van der Waals surface area contributed by atoms with Crippen LogP contribution in [0.15, 0.2) is 42.5 Å². The second-order valence-electron chi connectivity index (χ2n) is 8.04. The first-order valence-corrected chi connectivity index (χ1v) is 9.78. The third-order valence-corrected chi connectivity index (χ3v) is 5.35. The highest BCUT2D eigenvalue weighted by Crippen LogP contribution is 2.32. The van der Waals surface area contributed by atoms with E-state index < -0.39 is 0 Å². The molecule has 0 fully saturated rings. The van der Waals surface area contributed by atoms with Gasteiger partial charge < -0.3 is 10.2 Å². The van der Waals surface area contributed by atoms with Crippen LogP contribution >= 0.6 is 0 Å². The maximum Gasteiger partial charge on any atom is 0.279 e. The molecule has 26 heavy (non-hydrogen) atoms. The van der Waals surface area contributed by atoms with E-state index in [1.54, 1.807) is 0 Å². The second kappa shape index (κ2) is 8.05. The fraction of sp³-hybridized carbons (Fsp3) is 0.435. The van der Waals surface area contributed by atoms with Crippen LogP contribution in [0.25, 0.3) is 0 Å². The summed E-state index contributed by atoms with van der Waals surface area (Å²) in [5, 5.41) is 3.25. The summed E-state index contributed by atoms with van der Waals surface area (Å²) in [6.45, 7) is 11.2. The van der Waals surface area contributed by atoms with Crippen molar-refractivity contribution in [2.45, 2.75) is 52.5 Å². The molecule has 3 nitrogen and oxygen atoms in total. The van der Waals surface area contributed by atoms with Crippen molar-refractivity contribution in [3.05, 3.63) is 64.7 Å². The standard InChI is InChI=1S/C23H30N2O/c1-16(2)20-10-7-11-21(17(3)4)23(20)24-22(26)15-25-13-12-18-8-5-6-9-19(18)14-25/h5-11,16-17H,12-15H2,1-4H3,(H,24,26)/p+1. The Kier molecular flexibility index (Phi) is 5.77. The number of hydrogen-bond acceptors (Lipinski definition) is 1. The smallest absolute Gasteiger partial charge is 0.279 e. The lowest BCUT2D eigenvalue weighted by atomic mass is 9.92. The number of anilines is 1. The van der Waals surface area contributed by atoms with E-state index in [9.17, 15) is 4.79 Å². The zero-order chi connectivity index (χ0) is 18.7. The molecule has 138 valence electrons. The molecule has 1 amide bonds. The van der Waals surface area contributed by atoms with E-state index in [0.29, 0.717) is 18.4 Å². The number of fused-ring (bicyclic) bond motifs is 1. The van der Waals surface area contributed by atoms with Gasteiger partial charge in [0.05, 0.1) is 6.54 Å². The zero-order valence-electron chi connectivity index (χ0n) is 16.4. The van der Waals surface area contributed by atoms with Gasteiger partial charge in [-0.3, -0.25) is 4.79 Å². The summed E-state index contributed by atoms with van der Waals surface area (Å²) in [7, 11) is 0. The maximum absolute atomic E-state index is 12.8. The summed E-state index contributed by atoms with van der Waals surface area (Å²) >= 11 is 0. The van der Waals surface area contributed by atoms with Gasteiger partial charge in [-0.05, 0) is 28.5 Å². The number of nitrogens with one attached hydrogen (secondary N) is 2. The second-order valence-corrected chi connectivity index (χ2v) is 8.04. The van der Waals surface area contributed by atoms with Gasteiger partial charge in [-0.25, -0.2) is 0 Å². The van der Waals surface area contributed by atoms with Crippen molar-refractivity contribution < 1.29 is 9.69 Å². The Morgan fingerprint density at radius 2 is 1.58 bits per heavy atom. The number of quaternary nitrogens is 1. The molecule has 1 unspecified atom stereocenters. The minimum Gasteiger partial charge on any atom is -0.323 e. The average molecular weight is 352 g/mol. The number of hydrogen-bond donors (Lipinski definition) is 2. The molecule has 0 aliphatic carbocycles. The number of amides is 1. The molecule has 1 atom stereocenters. The fourth-order valence-electron chi connectivity index (χ4n) is 3.90. The van der Waals surface area contributed by atoms with Crippen molar-refractivity contribution in [3.8, 4) is 0 Å². The molecule has 3 rings (SSSR count). The molecule has 2 aromatic rings. The largest absolute Gasteiger partial charge is 0.323 e. The molecule has 0 radical (unpaired) electrons. The highest BCUT2D eigenvalue weighted by Gasteiger charge is 2.23. The third kappa shape index (κ3) is 4.16. The van der Waals surface area contributed by atoms with Crippen LogP contribution in [0.1, 0.15) is 61.8 Å². The summed E-state index contributed by atoms with van der Waals surface area (Å²) in [5.74, 6) is 0.894. The van der Waals surface area contributed by atoms with Crippen LogP contribution in [-0.4, -0.2) is 19.0 Å². The quantitative estimate of drug-likeness (QED) is 0.849. The predicted octanol–water partition coefficient (Wildman–Crippen LogP) is 3.51. The molecule has 3 heteroatoms. The van der Waals surface area contributed by atoms with Crippen LogP contribution < -0.4 is 10.2 Å². The summed E-state index contributed by atoms with van der Waals surface area (Å²) in [4.78, 5) is 14.2. The molecule has 2 aromatic carbocycles. The van der Waals surface area contributed by atoms with Crippen LogP contribution in [0.2, 0.25) is 0 Å². The topological polar surface area (TPSA) is 33.5 Å². The molecule has 1 aliphatic rings. The molecule has 1 heterocycles. The molecular formula is C23H31N2O+. The van der Waals surface area contributed by atoms with Gasteiger partial charge in [0.15, 0.2) is 6.54 Å². The Morgan fingerprint density at radius 3 is 2.19 bits per heavy atom. The Morgan fingerprint density at radius 1 is 0.962 bits per heavy atom. The molecular weight excluding hydrogens is 320 g/mol. The van der Waals surface area contributed by atoms with E-state index >= 15 is 0 Å². The summed E-state index contributed by atoms with van der Waals surface area (Å²) < 4.78 is 0. The summed E-state index contributed by atoms with van der Waals surface area (Å²) in [6, 6.07) is 15.0. The minimum atomic E-state index is 0.120. The predicted molar refractivity (Wildman–Crippen MR) is 108 cm³/mol. The SMILES string of the molecule is CC(C)c1cccc(C(C)C)c1NC(=O)C[NH+]1CCc2ccccc2C1. The van der Waals surface area contributed by atoms with Crippen molar-refractivity contribution in [1.82, 2.24) is 0 Å². The van der Waals surface area contributed by atoms with Crippen molar-refractivity contribution >= 4 is 11.6 Å². The van der Waals surface area contributed by atoms with Gasteiger partial charge in [0.25, 0.3) is 5.91 Å². The molecule has 0 saturated heterocycles. The number of rotatable bonds is 5. The van der Waals surface area contributed by atoms with Gasteiger partial charge in [-0.15, -0.1) is 0 Å². The Labute approximate surface area is 157 Å². The Bertz CT molecular complexity index is 753. The monoisotopic (exact) mass is 351 g/mol. The van der Waals surface area contributed by atoms with Gasteiger partial charge in [0, 0.05) is 17.7 Å². The lowest BCUT2D eigenvalue weighted by molar-refractivity contribution is -0.907. The highest BCUT2D eigenvalue weighted by atomic mass is 16.2. The van der Waals surface area contributed by atoms with Crippen molar-refractivity contribution in [2.24, 2.45) is 0 Å². The van der Waals surface area contributed by atoms with E-state index in [-0.39, 0.29) is 5.91 Å². The normalized spacial score (nSPS) is 16.6. The lowest BCUT2D eigenvalue weighted by Crippen LogP contribution is -3.12. The average Bonchev–Trinajstić information content (AvgIpc) is 2.61. The highest BCUT2D eigenvalue weighted by molar-refractivity contribution is 5.93. The first kappa shape index (κ1) is 18.7. The summed E-state index contributed by atoms with van der Waals surface area (Å²) in [6.07, 6.45) is 1.05. The van der Waals surface area contributed by atoms with E-state index in [4.69, 9.17) is 0 Å².